The number of amides is 1. The minimum Gasteiger partial charge on any atom is -0.497 e. The van der Waals surface area contributed by atoms with E-state index >= 15 is 0 Å². The molecule has 4 nitrogen and oxygen atoms in total. The van der Waals surface area contributed by atoms with E-state index in [-0.39, 0.29) is 11.7 Å². The number of ether oxygens (including phenoxy) is 1. The van der Waals surface area contributed by atoms with Crippen LogP contribution in [0.15, 0.2) is 24.3 Å². The van der Waals surface area contributed by atoms with Gasteiger partial charge in [0.2, 0.25) is 5.91 Å². The maximum absolute atomic E-state index is 11.9. The topological polar surface area (TPSA) is 46.6 Å². The molecule has 0 bridgehead atoms. The average molecular weight is 247 g/mol. The molecule has 1 saturated heterocycles. The Balaban J connectivity index is 2.07. The first-order chi connectivity index (χ1) is 8.69. The number of nitrogens with zero attached hydrogens (tertiary/aromatic N) is 1. The van der Waals surface area contributed by atoms with Crippen LogP contribution in [0, 0.1) is 0 Å². The maximum Gasteiger partial charge on any atom is 0.223 e. The van der Waals surface area contributed by atoms with Crippen molar-refractivity contribution in [1.82, 2.24) is 4.90 Å². The molecule has 1 aliphatic rings. The Hall–Kier alpha value is -1.84. The Labute approximate surface area is 107 Å². The number of carbonyl (C=O) groups excluding carboxylic acids is 2. The first-order valence-electron chi connectivity index (χ1n) is 6.11. The molecule has 1 aliphatic heterocycles. The van der Waals surface area contributed by atoms with Crippen LogP contribution in [0.1, 0.15) is 24.8 Å². The second-order valence-corrected chi connectivity index (χ2v) is 4.46. The largest absolute Gasteiger partial charge is 0.497 e. The van der Waals surface area contributed by atoms with Gasteiger partial charge >= 0.3 is 0 Å². The minimum absolute atomic E-state index is 0.0590. The minimum atomic E-state index is 0.0590. The quantitative estimate of drug-likeness (QED) is 0.818. The van der Waals surface area contributed by atoms with E-state index in [1.807, 2.05) is 24.3 Å². The lowest BCUT2D eigenvalue weighted by atomic mass is 10.2. The Morgan fingerprint density at radius 1 is 1.22 bits per heavy atom. The lowest BCUT2D eigenvalue weighted by Gasteiger charge is -2.20. The summed E-state index contributed by atoms with van der Waals surface area (Å²) in [5, 5.41) is 0. The molecule has 1 fully saturated rings. The number of likely N-dealkylation sites (tertiary alicyclic amines) is 1. The van der Waals surface area contributed by atoms with E-state index in [4.69, 9.17) is 4.74 Å². The molecule has 0 spiro atoms. The number of hydrogen-bond donors (Lipinski definition) is 0. The van der Waals surface area contributed by atoms with Gasteiger partial charge in [-0.3, -0.25) is 9.59 Å². The third-order valence-electron chi connectivity index (χ3n) is 3.14. The van der Waals surface area contributed by atoms with Crippen LogP contribution in [-0.4, -0.2) is 30.2 Å². The van der Waals surface area contributed by atoms with Gasteiger partial charge in [-0.15, -0.1) is 0 Å². The number of methoxy groups -OCH3 is 1. The van der Waals surface area contributed by atoms with Gasteiger partial charge in [-0.25, -0.2) is 0 Å². The molecule has 0 N–H and O–H groups in total. The van der Waals surface area contributed by atoms with E-state index in [0.29, 0.717) is 32.4 Å². The SMILES string of the molecule is COc1cccc(CN2CCC(=O)CCC2=O)c1. The van der Waals surface area contributed by atoms with E-state index < -0.39 is 0 Å². The molecule has 4 heteroatoms. The average Bonchev–Trinajstić information content (AvgIpc) is 2.54. The number of hydrogen-bond acceptors (Lipinski definition) is 3. The van der Waals surface area contributed by atoms with Gasteiger partial charge in [0.15, 0.2) is 0 Å². The van der Waals surface area contributed by atoms with Crippen LogP contribution in [0.2, 0.25) is 0 Å². The monoisotopic (exact) mass is 247 g/mol. The van der Waals surface area contributed by atoms with Gasteiger partial charge < -0.3 is 9.64 Å². The standard InChI is InChI=1S/C14H17NO3/c1-18-13-4-2-3-11(9-13)10-15-8-7-12(16)5-6-14(15)17/h2-4,9H,5-8,10H2,1H3. The van der Waals surface area contributed by atoms with Crippen LogP contribution in [0.3, 0.4) is 0 Å². The van der Waals surface area contributed by atoms with E-state index in [1.165, 1.54) is 0 Å². The molecule has 18 heavy (non-hydrogen) atoms. The van der Waals surface area contributed by atoms with Gasteiger partial charge in [0, 0.05) is 32.4 Å². The molecule has 1 heterocycles. The highest BCUT2D eigenvalue weighted by Crippen LogP contribution is 2.17. The maximum atomic E-state index is 11.9. The smallest absolute Gasteiger partial charge is 0.223 e. The molecule has 0 aliphatic carbocycles. The highest BCUT2D eigenvalue weighted by Gasteiger charge is 2.20. The predicted molar refractivity (Wildman–Crippen MR) is 67.3 cm³/mol. The molecule has 1 aromatic rings. The molecule has 0 saturated carbocycles. The zero-order chi connectivity index (χ0) is 13.0. The highest BCUT2D eigenvalue weighted by atomic mass is 16.5. The molecule has 96 valence electrons. The summed E-state index contributed by atoms with van der Waals surface area (Å²) in [6, 6.07) is 7.65. The molecular weight excluding hydrogens is 230 g/mol. The molecule has 0 radical (unpaired) electrons. The van der Waals surface area contributed by atoms with Crippen molar-refractivity contribution in [1.29, 1.82) is 0 Å². The van der Waals surface area contributed by atoms with Gasteiger partial charge in [0.25, 0.3) is 0 Å². The highest BCUT2D eigenvalue weighted by molar-refractivity contribution is 5.87. The Morgan fingerprint density at radius 3 is 2.83 bits per heavy atom. The lowest BCUT2D eigenvalue weighted by molar-refractivity contribution is -0.131. The van der Waals surface area contributed by atoms with Crippen molar-refractivity contribution in [3.63, 3.8) is 0 Å². The van der Waals surface area contributed by atoms with Crippen molar-refractivity contribution in [3.8, 4) is 5.75 Å². The molecule has 0 atom stereocenters. The summed E-state index contributed by atoms with van der Waals surface area (Å²) in [4.78, 5) is 24.9. The van der Waals surface area contributed by atoms with Gasteiger partial charge in [-0.05, 0) is 17.7 Å². The van der Waals surface area contributed by atoms with E-state index in [2.05, 4.69) is 0 Å². The fourth-order valence-corrected chi connectivity index (χ4v) is 2.07. The molecule has 0 unspecified atom stereocenters. The number of Topliss-reactive ketones (excluding diaryl/α,β-unsaturated/α-hetero) is 1. The van der Waals surface area contributed by atoms with Crippen molar-refractivity contribution < 1.29 is 14.3 Å². The molecular formula is C14H17NO3. The zero-order valence-electron chi connectivity index (χ0n) is 10.5. The van der Waals surface area contributed by atoms with Gasteiger partial charge in [-0.1, -0.05) is 12.1 Å². The summed E-state index contributed by atoms with van der Waals surface area (Å²) in [5.74, 6) is 1.02. The van der Waals surface area contributed by atoms with Crippen LogP contribution < -0.4 is 4.74 Å². The van der Waals surface area contributed by atoms with Crippen LogP contribution in [0.4, 0.5) is 0 Å². The van der Waals surface area contributed by atoms with Crippen molar-refractivity contribution in [3.05, 3.63) is 29.8 Å². The summed E-state index contributed by atoms with van der Waals surface area (Å²) in [6.07, 6.45) is 1.19. The van der Waals surface area contributed by atoms with Gasteiger partial charge in [0.1, 0.15) is 11.5 Å². The number of carbonyl (C=O) groups is 2. The van der Waals surface area contributed by atoms with Crippen molar-refractivity contribution in [2.75, 3.05) is 13.7 Å². The van der Waals surface area contributed by atoms with Crippen molar-refractivity contribution in [2.45, 2.75) is 25.8 Å². The summed E-state index contributed by atoms with van der Waals surface area (Å²) >= 11 is 0. The predicted octanol–water partition coefficient (Wildman–Crippen LogP) is 1.78. The summed E-state index contributed by atoms with van der Waals surface area (Å²) in [7, 11) is 1.62. The first kappa shape index (κ1) is 12.6. The third kappa shape index (κ3) is 3.09. The first-order valence-corrected chi connectivity index (χ1v) is 6.11. The zero-order valence-corrected chi connectivity index (χ0v) is 10.5. The van der Waals surface area contributed by atoms with Gasteiger partial charge in [-0.2, -0.15) is 0 Å². The summed E-state index contributed by atoms with van der Waals surface area (Å²) in [6.45, 7) is 1.07. The second-order valence-electron chi connectivity index (χ2n) is 4.46. The Morgan fingerprint density at radius 2 is 2.06 bits per heavy atom. The molecule has 0 aromatic heterocycles. The number of benzene rings is 1. The normalized spacial score (nSPS) is 16.6. The van der Waals surface area contributed by atoms with Crippen molar-refractivity contribution >= 4 is 11.7 Å². The van der Waals surface area contributed by atoms with Crippen LogP contribution in [0.5, 0.6) is 5.75 Å². The van der Waals surface area contributed by atoms with E-state index in [0.717, 1.165) is 11.3 Å². The van der Waals surface area contributed by atoms with Crippen molar-refractivity contribution in [2.24, 2.45) is 0 Å². The summed E-state index contributed by atoms with van der Waals surface area (Å²) < 4.78 is 5.16. The number of ketones is 1. The second kappa shape index (κ2) is 5.67. The molecule has 1 aromatic carbocycles. The Kier molecular flexibility index (Phi) is 3.97. The van der Waals surface area contributed by atoms with Crippen LogP contribution in [0.25, 0.3) is 0 Å². The number of rotatable bonds is 3. The molecule has 2 rings (SSSR count). The van der Waals surface area contributed by atoms with E-state index in [1.54, 1.807) is 12.0 Å². The Bertz CT molecular complexity index is 456. The third-order valence-corrected chi connectivity index (χ3v) is 3.14. The summed E-state index contributed by atoms with van der Waals surface area (Å²) in [5.41, 5.74) is 1.03. The van der Waals surface area contributed by atoms with Crippen LogP contribution in [-0.2, 0) is 16.1 Å². The van der Waals surface area contributed by atoms with Crippen LogP contribution >= 0.6 is 0 Å². The lowest BCUT2D eigenvalue weighted by Crippen LogP contribution is -2.29. The fourth-order valence-electron chi connectivity index (χ4n) is 2.07. The molecule has 1 amide bonds. The van der Waals surface area contributed by atoms with E-state index in [9.17, 15) is 9.59 Å². The fraction of sp³-hybridized carbons (Fsp3) is 0.429. The van der Waals surface area contributed by atoms with Gasteiger partial charge in [0.05, 0.1) is 7.11 Å².